The molecule has 4 aromatic rings. The zero-order valence-corrected chi connectivity index (χ0v) is 20.4. The lowest BCUT2D eigenvalue weighted by molar-refractivity contribution is 0.0949. The molecule has 35 heavy (non-hydrogen) atoms. The molecule has 0 saturated heterocycles. The molecule has 0 aliphatic carbocycles. The van der Waals surface area contributed by atoms with Gasteiger partial charge in [0.25, 0.3) is 5.91 Å². The number of fused-ring (bicyclic) bond motifs is 1. The molecule has 0 aliphatic rings. The maximum Gasteiger partial charge on any atom is 0.254 e. The van der Waals surface area contributed by atoms with E-state index in [-0.39, 0.29) is 11.5 Å². The van der Waals surface area contributed by atoms with Gasteiger partial charge < -0.3 is 14.6 Å². The number of ether oxygens (including phenoxy) is 1. The smallest absolute Gasteiger partial charge is 0.254 e. The number of unbranched alkanes of at least 4 members (excludes halogenated alkanes) is 2. The van der Waals surface area contributed by atoms with Crippen LogP contribution in [0.3, 0.4) is 0 Å². The average molecular weight is 474 g/mol. The molecule has 3 aromatic carbocycles. The van der Waals surface area contributed by atoms with Crippen LogP contribution in [-0.2, 0) is 13.0 Å². The second-order valence-electron chi connectivity index (χ2n) is 8.83. The van der Waals surface area contributed by atoms with Crippen molar-refractivity contribution in [2.24, 2.45) is 0 Å². The Balaban J connectivity index is 1.29. The van der Waals surface area contributed by atoms with Crippen molar-refractivity contribution in [1.82, 2.24) is 14.9 Å². The van der Waals surface area contributed by atoms with Crippen molar-refractivity contribution in [2.75, 3.05) is 13.2 Å². The molecule has 0 fully saturated rings. The molecule has 0 atom stereocenters. The van der Waals surface area contributed by atoms with Crippen LogP contribution in [0.25, 0.3) is 11.0 Å². The highest BCUT2D eigenvalue weighted by atomic mass is 19.1. The summed E-state index contributed by atoms with van der Waals surface area (Å²) in [5.41, 5.74) is 4.56. The predicted molar refractivity (Wildman–Crippen MR) is 137 cm³/mol. The van der Waals surface area contributed by atoms with Crippen LogP contribution >= 0.6 is 0 Å². The number of imidazole rings is 1. The van der Waals surface area contributed by atoms with Gasteiger partial charge >= 0.3 is 0 Å². The number of para-hydroxylation sites is 2. The summed E-state index contributed by atoms with van der Waals surface area (Å²) in [5.74, 6) is 1.10. The maximum atomic E-state index is 13.7. The molecule has 0 spiro atoms. The molecule has 6 heteroatoms. The topological polar surface area (TPSA) is 56.1 Å². The van der Waals surface area contributed by atoms with Crippen LogP contribution in [0.15, 0.2) is 66.7 Å². The summed E-state index contributed by atoms with van der Waals surface area (Å²) < 4.78 is 22.1. The van der Waals surface area contributed by atoms with Gasteiger partial charge in [0.2, 0.25) is 0 Å². The lowest BCUT2D eigenvalue weighted by Crippen LogP contribution is -2.25. The van der Waals surface area contributed by atoms with Gasteiger partial charge in [-0.25, -0.2) is 9.37 Å². The second kappa shape index (κ2) is 11.6. The van der Waals surface area contributed by atoms with E-state index in [4.69, 9.17) is 9.72 Å². The zero-order valence-electron chi connectivity index (χ0n) is 20.4. The van der Waals surface area contributed by atoms with Gasteiger partial charge in [0.05, 0.1) is 23.1 Å². The molecule has 0 aliphatic heterocycles. The summed E-state index contributed by atoms with van der Waals surface area (Å²) >= 11 is 0. The standard InChI is InChI=1S/C29H32FN3O2/c1-21-15-16-27(22(2)20-21)35-19-18-33-26-13-8-7-12-25(26)32-28(33)14-4-3-9-17-31-29(34)23-10-5-6-11-24(23)30/h5-8,10-13,15-16,20H,3-4,9,14,17-19H2,1-2H3,(H,31,34). The summed E-state index contributed by atoms with van der Waals surface area (Å²) in [7, 11) is 0. The van der Waals surface area contributed by atoms with Crippen molar-refractivity contribution in [2.45, 2.75) is 46.1 Å². The van der Waals surface area contributed by atoms with E-state index in [1.807, 2.05) is 24.3 Å². The third kappa shape index (κ3) is 6.27. The van der Waals surface area contributed by atoms with Crippen molar-refractivity contribution in [3.05, 3.63) is 95.1 Å². The molecule has 1 heterocycles. The fourth-order valence-corrected chi connectivity index (χ4v) is 4.30. The van der Waals surface area contributed by atoms with E-state index >= 15 is 0 Å². The van der Waals surface area contributed by atoms with Gasteiger partial charge in [-0.05, 0) is 62.6 Å². The van der Waals surface area contributed by atoms with Gasteiger partial charge in [0, 0.05) is 13.0 Å². The number of benzene rings is 3. The van der Waals surface area contributed by atoms with Crippen molar-refractivity contribution < 1.29 is 13.9 Å². The van der Waals surface area contributed by atoms with Gasteiger partial charge in [-0.2, -0.15) is 0 Å². The lowest BCUT2D eigenvalue weighted by Gasteiger charge is -2.13. The van der Waals surface area contributed by atoms with Crippen LogP contribution in [0.4, 0.5) is 4.39 Å². The number of carbonyl (C=O) groups excluding carboxylic acids is 1. The van der Waals surface area contributed by atoms with E-state index in [1.165, 1.54) is 17.7 Å². The van der Waals surface area contributed by atoms with Crippen LogP contribution in [0.5, 0.6) is 5.75 Å². The Kier molecular flexibility index (Phi) is 8.14. The third-order valence-corrected chi connectivity index (χ3v) is 6.12. The first-order valence-electron chi connectivity index (χ1n) is 12.2. The Morgan fingerprint density at radius 3 is 2.63 bits per heavy atom. The van der Waals surface area contributed by atoms with Crippen molar-refractivity contribution >= 4 is 16.9 Å². The van der Waals surface area contributed by atoms with Gasteiger partial charge in [-0.3, -0.25) is 4.79 Å². The first kappa shape index (κ1) is 24.5. The Morgan fingerprint density at radius 2 is 1.80 bits per heavy atom. The first-order valence-corrected chi connectivity index (χ1v) is 12.2. The Bertz CT molecular complexity index is 1300. The number of nitrogens with zero attached hydrogens (tertiary/aromatic N) is 2. The molecule has 0 saturated carbocycles. The Morgan fingerprint density at radius 1 is 1.00 bits per heavy atom. The Labute approximate surface area is 206 Å². The number of rotatable bonds is 11. The van der Waals surface area contributed by atoms with Crippen molar-refractivity contribution in [3.8, 4) is 5.75 Å². The average Bonchev–Trinajstić information content (AvgIpc) is 3.20. The number of nitrogens with one attached hydrogen (secondary N) is 1. The van der Waals surface area contributed by atoms with Gasteiger partial charge in [-0.15, -0.1) is 0 Å². The molecular weight excluding hydrogens is 441 g/mol. The summed E-state index contributed by atoms with van der Waals surface area (Å²) in [4.78, 5) is 17.0. The van der Waals surface area contributed by atoms with E-state index < -0.39 is 5.82 Å². The Hall–Kier alpha value is -3.67. The number of carbonyl (C=O) groups is 1. The van der Waals surface area contributed by atoms with E-state index in [2.05, 4.69) is 41.9 Å². The molecule has 0 unspecified atom stereocenters. The second-order valence-corrected chi connectivity index (χ2v) is 8.83. The van der Waals surface area contributed by atoms with Crippen LogP contribution in [0.2, 0.25) is 0 Å². The van der Waals surface area contributed by atoms with Gasteiger partial charge in [-0.1, -0.05) is 48.4 Å². The summed E-state index contributed by atoms with van der Waals surface area (Å²) in [6.45, 7) is 5.96. The molecular formula is C29H32FN3O2. The predicted octanol–water partition coefficient (Wildman–Crippen LogP) is 6.01. The van der Waals surface area contributed by atoms with E-state index in [0.717, 1.165) is 60.4 Å². The van der Waals surface area contributed by atoms with Crippen molar-refractivity contribution in [3.63, 3.8) is 0 Å². The van der Waals surface area contributed by atoms with Crippen LogP contribution in [-0.4, -0.2) is 28.6 Å². The SMILES string of the molecule is Cc1ccc(OCCn2c(CCCCCNC(=O)c3ccccc3F)nc3ccccc32)c(C)c1. The van der Waals surface area contributed by atoms with E-state index in [0.29, 0.717) is 13.2 Å². The number of aromatic nitrogens is 2. The molecule has 4 rings (SSSR count). The van der Waals surface area contributed by atoms with Crippen LogP contribution in [0, 0.1) is 19.7 Å². The number of amides is 1. The minimum atomic E-state index is -0.495. The molecule has 182 valence electrons. The van der Waals surface area contributed by atoms with E-state index in [9.17, 15) is 9.18 Å². The molecule has 1 N–H and O–H groups in total. The number of halogens is 1. The monoisotopic (exact) mass is 473 g/mol. The van der Waals surface area contributed by atoms with Crippen LogP contribution in [0.1, 0.15) is 46.6 Å². The highest BCUT2D eigenvalue weighted by Crippen LogP contribution is 2.21. The fraction of sp³-hybridized carbons (Fsp3) is 0.310. The first-order chi connectivity index (χ1) is 17.0. The third-order valence-electron chi connectivity index (χ3n) is 6.12. The molecule has 0 bridgehead atoms. The minimum Gasteiger partial charge on any atom is -0.491 e. The quantitative estimate of drug-likeness (QED) is 0.271. The lowest BCUT2D eigenvalue weighted by atomic mass is 10.1. The van der Waals surface area contributed by atoms with Gasteiger partial charge in [0.15, 0.2) is 0 Å². The fourth-order valence-electron chi connectivity index (χ4n) is 4.30. The van der Waals surface area contributed by atoms with Gasteiger partial charge in [0.1, 0.15) is 24.0 Å². The highest BCUT2D eigenvalue weighted by molar-refractivity contribution is 5.94. The van der Waals surface area contributed by atoms with E-state index in [1.54, 1.807) is 12.1 Å². The molecule has 1 amide bonds. The summed E-state index contributed by atoms with van der Waals surface area (Å²) in [6, 6.07) is 20.5. The zero-order chi connectivity index (χ0) is 24.6. The minimum absolute atomic E-state index is 0.0873. The molecule has 0 radical (unpaired) electrons. The largest absolute Gasteiger partial charge is 0.491 e. The van der Waals surface area contributed by atoms with Crippen molar-refractivity contribution in [1.29, 1.82) is 0 Å². The summed E-state index contributed by atoms with van der Waals surface area (Å²) in [5, 5.41) is 2.81. The van der Waals surface area contributed by atoms with Crippen LogP contribution < -0.4 is 10.1 Å². The number of hydrogen-bond donors (Lipinski definition) is 1. The summed E-state index contributed by atoms with van der Waals surface area (Å²) in [6.07, 6.45) is 3.58. The number of hydrogen-bond acceptors (Lipinski definition) is 3. The molecule has 5 nitrogen and oxygen atoms in total. The number of aryl methyl sites for hydroxylation is 3. The normalized spacial score (nSPS) is 11.1. The molecule has 1 aromatic heterocycles. The maximum absolute atomic E-state index is 13.7. The highest BCUT2D eigenvalue weighted by Gasteiger charge is 2.12.